The number of carbonyl (C=O) groups excluding carboxylic acids is 3. The SMILES string of the molecule is CCOCCCNC(=O)C(=O)Nc1cc(C)nn1C1=NC(=O)C2CCCCC2=N1. The van der Waals surface area contributed by atoms with Gasteiger partial charge in [-0.1, -0.05) is 6.42 Å². The second-order valence-electron chi connectivity index (χ2n) is 6.99. The van der Waals surface area contributed by atoms with Gasteiger partial charge in [-0.25, -0.2) is 4.99 Å². The van der Waals surface area contributed by atoms with Crippen molar-refractivity contribution in [1.82, 2.24) is 15.1 Å². The molecule has 0 saturated heterocycles. The van der Waals surface area contributed by atoms with Gasteiger partial charge in [-0.15, -0.1) is 0 Å². The van der Waals surface area contributed by atoms with Crippen LogP contribution in [0, 0.1) is 12.8 Å². The van der Waals surface area contributed by atoms with Crippen LogP contribution in [0.3, 0.4) is 0 Å². The Balaban J connectivity index is 1.68. The molecule has 0 spiro atoms. The molecule has 2 N–H and O–H groups in total. The molecule has 1 fully saturated rings. The number of rotatable bonds is 6. The summed E-state index contributed by atoms with van der Waals surface area (Å²) in [6.45, 7) is 5.08. The van der Waals surface area contributed by atoms with Crippen LogP contribution >= 0.6 is 0 Å². The zero-order valence-electron chi connectivity index (χ0n) is 16.7. The fourth-order valence-corrected chi connectivity index (χ4v) is 3.33. The minimum atomic E-state index is -0.825. The van der Waals surface area contributed by atoms with E-state index in [1.165, 1.54) is 4.68 Å². The van der Waals surface area contributed by atoms with Crippen molar-refractivity contribution in [1.29, 1.82) is 0 Å². The molecule has 0 bridgehead atoms. The minimum Gasteiger partial charge on any atom is -0.382 e. The monoisotopic (exact) mass is 402 g/mol. The van der Waals surface area contributed by atoms with E-state index in [9.17, 15) is 14.4 Å². The van der Waals surface area contributed by atoms with Gasteiger partial charge in [-0.3, -0.25) is 14.4 Å². The molecule has 10 heteroatoms. The molecule has 1 aromatic heterocycles. The summed E-state index contributed by atoms with van der Waals surface area (Å²) in [6, 6.07) is 1.60. The van der Waals surface area contributed by atoms with Gasteiger partial charge in [-0.2, -0.15) is 14.8 Å². The average Bonchev–Trinajstić information content (AvgIpc) is 3.07. The summed E-state index contributed by atoms with van der Waals surface area (Å²) in [6.07, 6.45) is 4.10. The Morgan fingerprint density at radius 2 is 2.10 bits per heavy atom. The molecule has 10 nitrogen and oxygen atoms in total. The van der Waals surface area contributed by atoms with Crippen molar-refractivity contribution in [2.75, 3.05) is 25.1 Å². The number of aromatic nitrogens is 2. The molecule has 2 aliphatic rings. The van der Waals surface area contributed by atoms with Gasteiger partial charge in [0, 0.05) is 31.5 Å². The molecule has 1 atom stereocenters. The maximum atomic E-state index is 12.4. The molecule has 1 saturated carbocycles. The van der Waals surface area contributed by atoms with Crippen LogP contribution in [0.2, 0.25) is 0 Å². The van der Waals surface area contributed by atoms with Crippen LogP contribution in [0.4, 0.5) is 5.82 Å². The van der Waals surface area contributed by atoms with Gasteiger partial charge in [0.25, 0.3) is 11.9 Å². The first-order valence-corrected chi connectivity index (χ1v) is 9.93. The van der Waals surface area contributed by atoms with Gasteiger partial charge < -0.3 is 15.4 Å². The molecule has 29 heavy (non-hydrogen) atoms. The van der Waals surface area contributed by atoms with Crippen LogP contribution < -0.4 is 10.6 Å². The molecule has 3 rings (SSSR count). The average molecular weight is 402 g/mol. The van der Waals surface area contributed by atoms with E-state index in [0.717, 1.165) is 31.4 Å². The van der Waals surface area contributed by atoms with Crippen LogP contribution in [-0.4, -0.2) is 58.9 Å². The van der Waals surface area contributed by atoms with E-state index in [0.29, 0.717) is 31.9 Å². The van der Waals surface area contributed by atoms with E-state index < -0.39 is 11.8 Å². The highest BCUT2D eigenvalue weighted by Gasteiger charge is 2.32. The molecule has 3 amide bonds. The lowest BCUT2D eigenvalue weighted by Gasteiger charge is -2.24. The maximum Gasteiger partial charge on any atom is 0.314 e. The number of nitrogens with zero attached hydrogens (tertiary/aromatic N) is 4. The summed E-state index contributed by atoms with van der Waals surface area (Å²) >= 11 is 0. The molecular formula is C19H26N6O4. The van der Waals surface area contributed by atoms with Gasteiger partial charge in [0.05, 0.1) is 11.6 Å². The molecule has 0 aromatic carbocycles. The lowest BCUT2D eigenvalue weighted by Crippen LogP contribution is -2.37. The molecule has 1 aromatic rings. The van der Waals surface area contributed by atoms with E-state index in [1.54, 1.807) is 13.0 Å². The van der Waals surface area contributed by atoms with Crippen LogP contribution in [-0.2, 0) is 19.1 Å². The number of hydrogen-bond donors (Lipinski definition) is 2. The smallest absolute Gasteiger partial charge is 0.314 e. The normalized spacial score (nSPS) is 18.6. The van der Waals surface area contributed by atoms with E-state index in [1.807, 2.05) is 6.92 Å². The van der Waals surface area contributed by atoms with Crippen molar-refractivity contribution < 1.29 is 19.1 Å². The predicted molar refractivity (Wildman–Crippen MR) is 107 cm³/mol. The second kappa shape index (κ2) is 9.55. The van der Waals surface area contributed by atoms with Crippen molar-refractivity contribution in [3.05, 3.63) is 11.8 Å². The number of nitrogens with one attached hydrogen (secondary N) is 2. The quantitative estimate of drug-likeness (QED) is 0.543. The van der Waals surface area contributed by atoms with Crippen LogP contribution in [0.15, 0.2) is 16.1 Å². The Kier molecular flexibility index (Phi) is 6.86. The highest BCUT2D eigenvalue weighted by molar-refractivity contribution is 6.39. The number of aliphatic imine (C=N–C) groups is 2. The van der Waals surface area contributed by atoms with Gasteiger partial charge in [0.1, 0.15) is 5.82 Å². The zero-order valence-corrected chi connectivity index (χ0v) is 16.7. The molecule has 1 aliphatic heterocycles. The number of carbonyl (C=O) groups is 3. The van der Waals surface area contributed by atoms with E-state index in [4.69, 9.17) is 4.74 Å². The molecule has 156 valence electrons. The Morgan fingerprint density at radius 1 is 1.28 bits per heavy atom. The number of amides is 3. The van der Waals surface area contributed by atoms with Gasteiger partial charge in [0.15, 0.2) is 0 Å². The summed E-state index contributed by atoms with van der Waals surface area (Å²) in [7, 11) is 0. The number of fused-ring (bicyclic) bond motifs is 1. The van der Waals surface area contributed by atoms with Crippen molar-refractivity contribution in [2.45, 2.75) is 46.0 Å². The molecule has 1 aliphatic carbocycles. The van der Waals surface area contributed by atoms with Gasteiger partial charge >= 0.3 is 11.8 Å². The largest absolute Gasteiger partial charge is 0.382 e. The predicted octanol–water partition coefficient (Wildman–Crippen LogP) is 1.05. The summed E-state index contributed by atoms with van der Waals surface area (Å²) in [5.74, 6) is -1.71. The first kappa shape index (κ1) is 20.8. The third-order valence-electron chi connectivity index (χ3n) is 4.75. The summed E-state index contributed by atoms with van der Waals surface area (Å²) in [5, 5.41) is 9.34. The Hall–Kier alpha value is -2.88. The topological polar surface area (TPSA) is 127 Å². The van der Waals surface area contributed by atoms with E-state index >= 15 is 0 Å². The van der Waals surface area contributed by atoms with Gasteiger partial charge in [0.2, 0.25) is 0 Å². The molecule has 2 heterocycles. The number of aryl methyl sites for hydroxylation is 1. The summed E-state index contributed by atoms with van der Waals surface area (Å²) in [4.78, 5) is 45.2. The maximum absolute atomic E-state index is 12.4. The van der Waals surface area contributed by atoms with Crippen LogP contribution in [0.5, 0.6) is 0 Å². The third-order valence-corrected chi connectivity index (χ3v) is 4.75. The number of ether oxygens (including phenoxy) is 1. The second-order valence-corrected chi connectivity index (χ2v) is 6.99. The molecule has 1 unspecified atom stereocenters. The van der Waals surface area contributed by atoms with Crippen LogP contribution in [0.25, 0.3) is 0 Å². The highest BCUT2D eigenvalue weighted by Crippen LogP contribution is 2.26. The number of anilines is 1. The summed E-state index contributed by atoms with van der Waals surface area (Å²) in [5.41, 5.74) is 1.40. The van der Waals surface area contributed by atoms with Crippen molar-refractivity contribution in [3.8, 4) is 0 Å². The summed E-state index contributed by atoms with van der Waals surface area (Å²) < 4.78 is 6.48. The fourth-order valence-electron chi connectivity index (χ4n) is 3.33. The lowest BCUT2D eigenvalue weighted by molar-refractivity contribution is -0.136. The fraction of sp³-hybridized carbons (Fsp3) is 0.579. The van der Waals surface area contributed by atoms with Crippen molar-refractivity contribution in [2.24, 2.45) is 15.9 Å². The van der Waals surface area contributed by atoms with Crippen molar-refractivity contribution >= 4 is 35.2 Å². The minimum absolute atomic E-state index is 0.115. The van der Waals surface area contributed by atoms with E-state index in [-0.39, 0.29) is 23.6 Å². The Bertz CT molecular complexity index is 857. The number of hydrogen-bond acceptors (Lipinski definition) is 6. The first-order chi connectivity index (χ1) is 14.0. The van der Waals surface area contributed by atoms with Crippen molar-refractivity contribution in [3.63, 3.8) is 0 Å². The highest BCUT2D eigenvalue weighted by atomic mass is 16.5. The van der Waals surface area contributed by atoms with E-state index in [2.05, 4.69) is 25.7 Å². The molecule has 0 radical (unpaired) electrons. The Labute approximate surface area is 168 Å². The van der Waals surface area contributed by atoms with Gasteiger partial charge in [-0.05, 0) is 39.5 Å². The standard InChI is InChI=1S/C19H26N6O4/c1-3-29-10-6-9-20-17(27)18(28)22-15-11-12(2)24-25(15)19-21-14-8-5-4-7-13(14)16(26)23-19/h11,13H,3-10H2,1-2H3,(H,20,27)(H,22,28). The first-order valence-electron chi connectivity index (χ1n) is 9.93. The zero-order chi connectivity index (χ0) is 20.8. The lowest BCUT2D eigenvalue weighted by atomic mass is 9.86. The Morgan fingerprint density at radius 3 is 2.90 bits per heavy atom. The van der Waals surface area contributed by atoms with Crippen LogP contribution in [0.1, 0.15) is 44.7 Å². The third kappa shape index (κ3) is 5.14. The molecular weight excluding hydrogens is 376 g/mol.